The maximum Gasteiger partial charge on any atom is 0.159 e. The minimum atomic E-state index is -0.769. The summed E-state index contributed by atoms with van der Waals surface area (Å²) in [7, 11) is 0. The molecular formula is C33H49NO3. The summed E-state index contributed by atoms with van der Waals surface area (Å²) < 4.78 is 0. The zero-order valence-corrected chi connectivity index (χ0v) is 24.3. The van der Waals surface area contributed by atoms with Crippen molar-refractivity contribution in [2.75, 3.05) is 6.61 Å². The molecule has 0 radical (unpaired) electrons. The van der Waals surface area contributed by atoms with Gasteiger partial charge in [-0.2, -0.15) is 5.26 Å². The number of hydrogen-bond donors (Lipinski definition) is 2. The first-order valence-corrected chi connectivity index (χ1v) is 14.8. The summed E-state index contributed by atoms with van der Waals surface area (Å²) in [5.74, 6) is 0.836. The average Bonchev–Trinajstić information content (AvgIpc) is 2.82. The Kier molecular flexibility index (Phi) is 6.07. The van der Waals surface area contributed by atoms with Gasteiger partial charge in [-0.25, -0.2) is 0 Å². The van der Waals surface area contributed by atoms with Crippen LogP contribution < -0.4 is 0 Å². The number of rotatable bonds is 3. The Hall–Kier alpha value is -1.44. The Morgan fingerprint density at radius 1 is 1.03 bits per heavy atom. The molecule has 0 aliphatic heterocycles. The van der Waals surface area contributed by atoms with Crippen molar-refractivity contribution in [2.45, 2.75) is 112 Å². The molecule has 37 heavy (non-hydrogen) atoms. The van der Waals surface area contributed by atoms with Crippen molar-refractivity contribution in [2.24, 2.45) is 50.2 Å². The molecule has 5 rings (SSSR count). The predicted octanol–water partition coefficient (Wildman–Crippen LogP) is 6.77. The number of aliphatic hydroxyl groups is 2. The highest BCUT2D eigenvalue weighted by Crippen LogP contribution is 2.75. The molecule has 0 spiro atoms. The van der Waals surface area contributed by atoms with E-state index in [1.54, 1.807) is 0 Å². The summed E-state index contributed by atoms with van der Waals surface area (Å²) in [5, 5.41) is 30.8. The molecule has 0 aromatic heterocycles. The number of allylic oxidation sites excluding steroid dienone is 3. The van der Waals surface area contributed by atoms with Crippen LogP contribution in [0.4, 0.5) is 0 Å². The zero-order chi connectivity index (χ0) is 27.2. The minimum absolute atomic E-state index is 0.00928. The lowest BCUT2D eigenvalue weighted by molar-refractivity contribution is -0.174. The molecule has 4 heteroatoms. The van der Waals surface area contributed by atoms with E-state index in [1.807, 2.05) is 12.2 Å². The number of carbonyl (C=O) groups excluding carboxylic acids is 1. The second kappa shape index (κ2) is 8.28. The second-order valence-electron chi connectivity index (χ2n) is 15.7. The van der Waals surface area contributed by atoms with Gasteiger partial charge in [0.05, 0.1) is 17.7 Å². The molecule has 0 aromatic carbocycles. The average molecular weight is 508 g/mol. The Bertz CT molecular complexity index is 1090. The van der Waals surface area contributed by atoms with Crippen LogP contribution in [-0.4, -0.2) is 28.7 Å². The maximum absolute atomic E-state index is 14.4. The Labute approximate surface area is 224 Å². The van der Waals surface area contributed by atoms with Gasteiger partial charge >= 0.3 is 0 Å². The molecule has 0 heterocycles. The number of nitriles is 1. The SMILES string of the molecule is CC1(C)CCC2(CCCO)CCC3(C)C(C(=O)C=C4C5(C)C=C(C#N)C(O)C(C)(C)C5CCC43C)C2C1. The predicted molar refractivity (Wildman–Crippen MR) is 146 cm³/mol. The fourth-order valence-corrected chi connectivity index (χ4v) is 10.8. The van der Waals surface area contributed by atoms with Crippen molar-refractivity contribution in [3.05, 3.63) is 23.3 Å². The maximum atomic E-state index is 14.4. The molecule has 2 N–H and O–H groups in total. The fourth-order valence-electron chi connectivity index (χ4n) is 10.8. The monoisotopic (exact) mass is 507 g/mol. The van der Waals surface area contributed by atoms with Crippen molar-refractivity contribution >= 4 is 5.78 Å². The lowest BCUT2D eigenvalue weighted by Crippen LogP contribution is -2.65. The fraction of sp³-hybridized carbons (Fsp3) is 0.818. The molecule has 5 aliphatic rings. The quantitative estimate of drug-likeness (QED) is 0.442. The van der Waals surface area contributed by atoms with Crippen LogP contribution >= 0.6 is 0 Å². The highest BCUT2D eigenvalue weighted by molar-refractivity contribution is 5.95. The second-order valence-corrected chi connectivity index (χ2v) is 15.7. The number of fused-ring (bicyclic) bond motifs is 7. The van der Waals surface area contributed by atoms with E-state index < -0.39 is 16.9 Å². The van der Waals surface area contributed by atoms with Gasteiger partial charge in [0.15, 0.2) is 5.78 Å². The lowest BCUT2D eigenvalue weighted by atomic mass is 9.34. The minimum Gasteiger partial charge on any atom is -0.396 e. The summed E-state index contributed by atoms with van der Waals surface area (Å²) in [4.78, 5) is 14.4. The van der Waals surface area contributed by atoms with Gasteiger partial charge in [0.2, 0.25) is 0 Å². The van der Waals surface area contributed by atoms with Crippen LogP contribution in [0.25, 0.3) is 0 Å². The summed E-state index contributed by atoms with van der Waals surface area (Å²) >= 11 is 0. The molecule has 204 valence electrons. The van der Waals surface area contributed by atoms with Gasteiger partial charge in [0, 0.05) is 17.9 Å². The van der Waals surface area contributed by atoms with E-state index in [1.165, 1.54) is 12.0 Å². The van der Waals surface area contributed by atoms with Crippen LogP contribution in [-0.2, 0) is 4.79 Å². The van der Waals surface area contributed by atoms with E-state index >= 15 is 0 Å². The van der Waals surface area contributed by atoms with Gasteiger partial charge in [-0.15, -0.1) is 0 Å². The molecule has 0 saturated heterocycles. The van der Waals surface area contributed by atoms with Gasteiger partial charge < -0.3 is 10.2 Å². The number of hydrogen-bond acceptors (Lipinski definition) is 4. The van der Waals surface area contributed by atoms with Crippen molar-refractivity contribution in [1.29, 1.82) is 5.26 Å². The number of ketones is 1. The summed E-state index contributed by atoms with van der Waals surface area (Å²) in [6, 6.07) is 2.30. The van der Waals surface area contributed by atoms with E-state index in [-0.39, 0.29) is 40.1 Å². The van der Waals surface area contributed by atoms with Crippen molar-refractivity contribution in [1.82, 2.24) is 0 Å². The third-order valence-corrected chi connectivity index (χ3v) is 13.1. The summed E-state index contributed by atoms with van der Waals surface area (Å²) in [6.07, 6.45) is 12.8. The summed E-state index contributed by atoms with van der Waals surface area (Å²) in [5.41, 5.74) is 0.944. The van der Waals surface area contributed by atoms with Crippen molar-refractivity contribution in [3.63, 3.8) is 0 Å². The number of carbonyl (C=O) groups is 1. The highest BCUT2D eigenvalue weighted by atomic mass is 16.3. The summed E-state index contributed by atoms with van der Waals surface area (Å²) in [6.45, 7) is 16.3. The Balaban J connectivity index is 1.66. The molecule has 8 unspecified atom stereocenters. The molecule has 3 saturated carbocycles. The Morgan fingerprint density at radius 3 is 2.35 bits per heavy atom. The molecule has 5 aliphatic carbocycles. The van der Waals surface area contributed by atoms with Crippen LogP contribution in [0.2, 0.25) is 0 Å². The molecule has 4 nitrogen and oxygen atoms in total. The van der Waals surface area contributed by atoms with Crippen LogP contribution in [0.3, 0.4) is 0 Å². The Morgan fingerprint density at radius 2 is 1.70 bits per heavy atom. The largest absolute Gasteiger partial charge is 0.396 e. The third kappa shape index (κ3) is 3.48. The molecule has 0 amide bonds. The topological polar surface area (TPSA) is 81.3 Å². The molecule has 0 bridgehead atoms. The van der Waals surface area contributed by atoms with E-state index in [4.69, 9.17) is 0 Å². The van der Waals surface area contributed by atoms with E-state index in [2.05, 4.69) is 54.5 Å². The van der Waals surface area contributed by atoms with E-state index in [9.17, 15) is 20.3 Å². The van der Waals surface area contributed by atoms with Gasteiger partial charge in [0.1, 0.15) is 0 Å². The van der Waals surface area contributed by atoms with Crippen LogP contribution in [0.5, 0.6) is 0 Å². The van der Waals surface area contributed by atoms with Crippen LogP contribution in [0.15, 0.2) is 23.3 Å². The lowest BCUT2D eigenvalue weighted by Gasteiger charge is -2.69. The van der Waals surface area contributed by atoms with Gasteiger partial charge in [0.25, 0.3) is 0 Å². The smallest absolute Gasteiger partial charge is 0.159 e. The highest BCUT2D eigenvalue weighted by Gasteiger charge is 2.69. The van der Waals surface area contributed by atoms with E-state index in [0.717, 1.165) is 51.4 Å². The third-order valence-electron chi connectivity index (χ3n) is 13.1. The first-order chi connectivity index (χ1) is 17.1. The number of aliphatic hydroxyl groups excluding tert-OH is 2. The molecule has 3 fully saturated rings. The standard InChI is InChI=1S/C33H49NO3/c1-28(2)12-14-33(10-8-16-35)15-13-32(7)26(22(33)19-28)23(36)17-25-30(5)18-21(20-34)27(37)29(3,4)24(30)9-11-31(25,32)6/h17-18,22,24,26-27,35,37H,8-16,19H2,1-7H3. The van der Waals surface area contributed by atoms with Crippen LogP contribution in [0.1, 0.15) is 106 Å². The van der Waals surface area contributed by atoms with Gasteiger partial charge in [-0.1, -0.05) is 60.1 Å². The molecular weight excluding hydrogens is 458 g/mol. The molecule has 0 aromatic rings. The molecule has 8 atom stereocenters. The van der Waals surface area contributed by atoms with Crippen molar-refractivity contribution in [3.8, 4) is 6.07 Å². The van der Waals surface area contributed by atoms with Crippen LogP contribution in [0, 0.1) is 61.6 Å². The first-order valence-electron chi connectivity index (χ1n) is 14.8. The number of nitrogens with zero attached hydrogens (tertiary/aromatic N) is 1. The normalized spacial score (nSPS) is 47.8. The van der Waals surface area contributed by atoms with Gasteiger partial charge in [-0.05, 0) is 103 Å². The van der Waals surface area contributed by atoms with Gasteiger partial charge in [-0.3, -0.25) is 4.79 Å². The first kappa shape index (κ1) is 27.1. The van der Waals surface area contributed by atoms with Crippen molar-refractivity contribution < 1.29 is 15.0 Å². The van der Waals surface area contributed by atoms with E-state index in [0.29, 0.717) is 17.3 Å². The zero-order valence-electron chi connectivity index (χ0n) is 24.3.